The predicted octanol–water partition coefficient (Wildman–Crippen LogP) is 4.42. The van der Waals surface area contributed by atoms with Gasteiger partial charge in [0.15, 0.2) is 0 Å². The second-order valence-electron chi connectivity index (χ2n) is 4.62. The lowest BCUT2D eigenvalue weighted by molar-refractivity contribution is -0.385. The molecule has 2 rings (SSSR count). The van der Waals surface area contributed by atoms with Crippen molar-refractivity contribution in [2.45, 2.75) is 12.8 Å². The maximum Gasteiger partial charge on any atom is 0.282 e. The zero-order chi connectivity index (χ0) is 14.5. The molecule has 0 fully saturated rings. The highest BCUT2D eigenvalue weighted by molar-refractivity contribution is 14.1. The third-order valence-electron chi connectivity index (χ3n) is 3.13. The van der Waals surface area contributed by atoms with Crippen LogP contribution in [-0.4, -0.2) is 11.5 Å². The number of benzene rings is 2. The molecule has 0 heterocycles. The molecule has 0 aliphatic carbocycles. The van der Waals surface area contributed by atoms with Gasteiger partial charge in [0.25, 0.3) is 5.69 Å². The van der Waals surface area contributed by atoms with Gasteiger partial charge in [-0.1, -0.05) is 37.3 Å². The van der Waals surface area contributed by atoms with Crippen molar-refractivity contribution in [2.24, 2.45) is 0 Å². The van der Waals surface area contributed by atoms with Gasteiger partial charge < -0.3 is 5.32 Å². The van der Waals surface area contributed by atoms with Gasteiger partial charge >= 0.3 is 0 Å². The molecule has 1 atom stereocenters. The first-order chi connectivity index (χ1) is 9.58. The number of hydrogen-bond donors (Lipinski definition) is 1. The van der Waals surface area contributed by atoms with E-state index in [9.17, 15) is 10.1 Å². The Bertz CT molecular complexity index is 602. The van der Waals surface area contributed by atoms with Gasteiger partial charge in [0, 0.05) is 18.3 Å². The normalized spacial score (nSPS) is 11.9. The van der Waals surface area contributed by atoms with E-state index in [1.165, 1.54) is 11.6 Å². The quantitative estimate of drug-likeness (QED) is 0.473. The average Bonchev–Trinajstić information content (AvgIpc) is 2.45. The highest BCUT2D eigenvalue weighted by Gasteiger charge is 2.12. The Labute approximate surface area is 131 Å². The summed E-state index contributed by atoms with van der Waals surface area (Å²) in [6.07, 6.45) is 0. The van der Waals surface area contributed by atoms with E-state index in [1.807, 2.05) is 40.8 Å². The molecule has 104 valence electrons. The standard InChI is InChI=1S/C15H15IN2O2/c1-11(12-5-3-2-4-6-12)10-17-13-7-8-15(18(19)20)14(16)9-13/h2-9,11,17H,10H2,1H3. The maximum atomic E-state index is 10.8. The van der Waals surface area contributed by atoms with Gasteiger partial charge in [0.2, 0.25) is 0 Å². The van der Waals surface area contributed by atoms with Crippen molar-refractivity contribution in [2.75, 3.05) is 11.9 Å². The highest BCUT2D eigenvalue weighted by Crippen LogP contribution is 2.24. The molecule has 5 heteroatoms. The monoisotopic (exact) mass is 382 g/mol. The highest BCUT2D eigenvalue weighted by atomic mass is 127. The average molecular weight is 382 g/mol. The van der Waals surface area contributed by atoms with Crippen molar-refractivity contribution >= 4 is 34.0 Å². The van der Waals surface area contributed by atoms with Crippen LogP contribution in [0, 0.1) is 13.7 Å². The number of halogens is 1. The molecule has 4 nitrogen and oxygen atoms in total. The molecule has 20 heavy (non-hydrogen) atoms. The first kappa shape index (κ1) is 14.8. The van der Waals surface area contributed by atoms with Crippen molar-refractivity contribution in [1.29, 1.82) is 0 Å². The van der Waals surface area contributed by atoms with Gasteiger partial charge in [-0.25, -0.2) is 0 Å². The minimum atomic E-state index is -0.363. The second-order valence-corrected chi connectivity index (χ2v) is 5.78. The van der Waals surface area contributed by atoms with Crippen LogP contribution in [0.3, 0.4) is 0 Å². The van der Waals surface area contributed by atoms with Gasteiger partial charge in [-0.05, 0) is 46.2 Å². The molecule has 1 unspecified atom stereocenters. The number of rotatable bonds is 5. The molecule has 0 aliphatic heterocycles. The lowest BCUT2D eigenvalue weighted by atomic mass is 10.0. The summed E-state index contributed by atoms with van der Waals surface area (Å²) in [5.41, 5.74) is 2.33. The Balaban J connectivity index is 2.01. The van der Waals surface area contributed by atoms with Crippen LogP contribution >= 0.6 is 22.6 Å². The van der Waals surface area contributed by atoms with Crippen LogP contribution in [0.1, 0.15) is 18.4 Å². The smallest absolute Gasteiger partial charge is 0.282 e. The van der Waals surface area contributed by atoms with Crippen LogP contribution in [0.2, 0.25) is 0 Å². The zero-order valence-electron chi connectivity index (χ0n) is 11.0. The van der Waals surface area contributed by atoms with Crippen molar-refractivity contribution in [1.82, 2.24) is 0 Å². The molecule has 0 aliphatic rings. The lowest BCUT2D eigenvalue weighted by Crippen LogP contribution is -2.10. The topological polar surface area (TPSA) is 55.2 Å². The summed E-state index contributed by atoms with van der Waals surface area (Å²) in [4.78, 5) is 10.4. The van der Waals surface area contributed by atoms with Crippen LogP contribution < -0.4 is 5.32 Å². The Hall–Kier alpha value is -1.63. The van der Waals surface area contributed by atoms with Gasteiger partial charge in [-0.2, -0.15) is 0 Å². The summed E-state index contributed by atoms with van der Waals surface area (Å²) in [6.45, 7) is 2.94. The summed E-state index contributed by atoms with van der Waals surface area (Å²) >= 11 is 1.99. The number of anilines is 1. The fourth-order valence-corrected chi connectivity index (χ4v) is 2.65. The Morgan fingerprint density at radius 3 is 2.55 bits per heavy atom. The van der Waals surface area contributed by atoms with Gasteiger partial charge in [0.1, 0.15) is 0 Å². The molecule has 0 aromatic heterocycles. The second kappa shape index (κ2) is 6.69. The Morgan fingerprint density at radius 2 is 1.95 bits per heavy atom. The van der Waals surface area contributed by atoms with Crippen molar-refractivity contribution < 1.29 is 4.92 Å². The molecule has 0 bridgehead atoms. The summed E-state index contributed by atoms with van der Waals surface area (Å²) in [5.74, 6) is 0.379. The van der Waals surface area contributed by atoms with E-state index in [0.29, 0.717) is 9.49 Å². The van der Waals surface area contributed by atoms with Crippen LogP contribution in [0.25, 0.3) is 0 Å². The third kappa shape index (κ3) is 3.69. The predicted molar refractivity (Wildman–Crippen MR) is 89.2 cm³/mol. The van der Waals surface area contributed by atoms with E-state index in [-0.39, 0.29) is 10.6 Å². The molecule has 0 saturated heterocycles. The minimum Gasteiger partial charge on any atom is -0.384 e. The van der Waals surface area contributed by atoms with E-state index in [4.69, 9.17) is 0 Å². The van der Waals surface area contributed by atoms with Crippen LogP contribution in [0.5, 0.6) is 0 Å². The lowest BCUT2D eigenvalue weighted by Gasteiger charge is -2.14. The van der Waals surface area contributed by atoms with E-state index < -0.39 is 0 Å². The van der Waals surface area contributed by atoms with E-state index in [2.05, 4.69) is 24.4 Å². The molecule has 0 spiro atoms. The van der Waals surface area contributed by atoms with Crippen molar-refractivity contribution in [3.8, 4) is 0 Å². The van der Waals surface area contributed by atoms with Crippen LogP contribution in [-0.2, 0) is 0 Å². The van der Waals surface area contributed by atoms with Gasteiger partial charge in [0.05, 0.1) is 8.49 Å². The molecular formula is C15H15IN2O2. The fourth-order valence-electron chi connectivity index (χ4n) is 1.94. The van der Waals surface area contributed by atoms with E-state index >= 15 is 0 Å². The SMILES string of the molecule is CC(CNc1ccc([N+](=O)[O-])c(I)c1)c1ccccc1. The summed E-state index contributed by atoms with van der Waals surface area (Å²) in [6, 6.07) is 15.4. The maximum absolute atomic E-state index is 10.8. The fraction of sp³-hybridized carbons (Fsp3) is 0.200. The molecule has 0 amide bonds. The van der Waals surface area contributed by atoms with E-state index in [1.54, 1.807) is 12.1 Å². The molecule has 0 saturated carbocycles. The van der Waals surface area contributed by atoms with Crippen LogP contribution in [0.4, 0.5) is 11.4 Å². The summed E-state index contributed by atoms with van der Waals surface area (Å²) in [5, 5.41) is 14.1. The zero-order valence-corrected chi connectivity index (χ0v) is 13.2. The van der Waals surface area contributed by atoms with Crippen molar-refractivity contribution in [3.05, 3.63) is 67.8 Å². The molecule has 0 radical (unpaired) electrons. The van der Waals surface area contributed by atoms with E-state index in [0.717, 1.165) is 12.2 Å². The number of hydrogen-bond acceptors (Lipinski definition) is 3. The molecule has 1 N–H and O–H groups in total. The number of nitro groups is 1. The van der Waals surface area contributed by atoms with Gasteiger partial charge in [-0.3, -0.25) is 10.1 Å². The first-order valence-electron chi connectivity index (χ1n) is 6.30. The minimum absolute atomic E-state index is 0.146. The third-order valence-corrected chi connectivity index (χ3v) is 3.99. The van der Waals surface area contributed by atoms with Gasteiger partial charge in [-0.15, -0.1) is 0 Å². The number of nitrogens with zero attached hydrogens (tertiary/aromatic N) is 1. The van der Waals surface area contributed by atoms with Crippen LogP contribution in [0.15, 0.2) is 48.5 Å². The summed E-state index contributed by atoms with van der Waals surface area (Å²) < 4.78 is 0.643. The Kier molecular flexibility index (Phi) is 4.94. The largest absolute Gasteiger partial charge is 0.384 e. The molecule has 2 aromatic rings. The number of nitrogens with one attached hydrogen (secondary N) is 1. The first-order valence-corrected chi connectivity index (χ1v) is 7.38. The molecule has 2 aromatic carbocycles. The Morgan fingerprint density at radius 1 is 1.25 bits per heavy atom. The molecular weight excluding hydrogens is 367 g/mol. The summed E-state index contributed by atoms with van der Waals surface area (Å²) in [7, 11) is 0. The number of nitro benzene ring substituents is 1. The van der Waals surface area contributed by atoms with Crippen molar-refractivity contribution in [3.63, 3.8) is 0 Å².